The number of aliphatic hydroxyl groups is 2. The number of hydrogen-bond donors (Lipinski definition) is 2. The summed E-state index contributed by atoms with van der Waals surface area (Å²) in [4.78, 5) is 18.6. The lowest BCUT2D eigenvalue weighted by molar-refractivity contribution is 0.0366. The van der Waals surface area contributed by atoms with Gasteiger partial charge in [-0.2, -0.15) is 0 Å². The average molecular weight is 334 g/mol. The highest BCUT2D eigenvalue weighted by atomic mass is 32.1. The van der Waals surface area contributed by atoms with Crippen LogP contribution in [0.15, 0.2) is 29.6 Å². The Balaban J connectivity index is 2.19. The van der Waals surface area contributed by atoms with Crippen LogP contribution in [-0.2, 0) is 0 Å². The summed E-state index contributed by atoms with van der Waals surface area (Å²) in [5.41, 5.74) is 1.61. The zero-order chi connectivity index (χ0) is 17.0. The van der Waals surface area contributed by atoms with Gasteiger partial charge in [0.05, 0.1) is 23.9 Å². The van der Waals surface area contributed by atoms with Crippen molar-refractivity contribution in [3.05, 3.63) is 40.2 Å². The number of thiazole rings is 1. The maximum Gasteiger partial charge on any atom is 0.253 e. The summed E-state index contributed by atoms with van der Waals surface area (Å²) in [5.74, 6) is -0.146. The SMILES string of the molecule is Cc1nc(-c2cccc(C(=O)N(C)CC(C)(CO)CO)c2)cs1. The molecule has 5 nitrogen and oxygen atoms in total. The van der Waals surface area contributed by atoms with E-state index in [0.717, 1.165) is 16.3 Å². The van der Waals surface area contributed by atoms with Crippen LogP contribution in [0.5, 0.6) is 0 Å². The van der Waals surface area contributed by atoms with E-state index in [1.54, 1.807) is 31.4 Å². The maximum absolute atomic E-state index is 12.6. The Morgan fingerprint density at radius 2 is 2.04 bits per heavy atom. The van der Waals surface area contributed by atoms with Gasteiger partial charge in [0, 0.05) is 35.5 Å². The molecule has 1 aromatic heterocycles. The summed E-state index contributed by atoms with van der Waals surface area (Å²) >= 11 is 1.57. The van der Waals surface area contributed by atoms with Crippen molar-refractivity contribution in [2.24, 2.45) is 5.41 Å². The average Bonchev–Trinajstić information content (AvgIpc) is 3.00. The van der Waals surface area contributed by atoms with Crippen molar-refractivity contribution in [1.82, 2.24) is 9.88 Å². The minimum atomic E-state index is -0.714. The summed E-state index contributed by atoms with van der Waals surface area (Å²) in [6.45, 7) is 3.60. The number of aryl methyl sites for hydroxylation is 1. The molecule has 0 unspecified atom stereocenters. The molecule has 0 saturated heterocycles. The molecule has 2 N–H and O–H groups in total. The van der Waals surface area contributed by atoms with Gasteiger partial charge in [-0.15, -0.1) is 11.3 Å². The van der Waals surface area contributed by atoms with Gasteiger partial charge in [0.1, 0.15) is 0 Å². The molecule has 0 atom stereocenters. The molecule has 0 spiro atoms. The second-order valence-corrected chi connectivity index (χ2v) is 7.18. The van der Waals surface area contributed by atoms with E-state index in [2.05, 4.69) is 4.98 Å². The van der Waals surface area contributed by atoms with Crippen molar-refractivity contribution in [1.29, 1.82) is 0 Å². The number of aromatic nitrogens is 1. The lowest BCUT2D eigenvalue weighted by Gasteiger charge is -2.30. The summed E-state index contributed by atoms with van der Waals surface area (Å²) in [6.07, 6.45) is 0. The van der Waals surface area contributed by atoms with Crippen LogP contribution in [0.1, 0.15) is 22.3 Å². The highest BCUT2D eigenvalue weighted by Gasteiger charge is 2.27. The normalized spacial score (nSPS) is 11.5. The predicted octanol–water partition coefficient (Wildman–Crippen LogP) is 2.18. The lowest BCUT2D eigenvalue weighted by Crippen LogP contribution is -2.41. The number of carbonyl (C=O) groups excluding carboxylic acids is 1. The molecular weight excluding hydrogens is 312 g/mol. The fourth-order valence-electron chi connectivity index (χ4n) is 2.32. The van der Waals surface area contributed by atoms with Gasteiger partial charge in [0.25, 0.3) is 5.91 Å². The third-order valence-electron chi connectivity index (χ3n) is 3.75. The van der Waals surface area contributed by atoms with Gasteiger partial charge in [-0.05, 0) is 19.1 Å². The fraction of sp³-hybridized carbons (Fsp3) is 0.412. The first-order valence-electron chi connectivity index (χ1n) is 7.38. The van der Waals surface area contributed by atoms with Crippen LogP contribution in [0.2, 0.25) is 0 Å². The number of nitrogens with zero attached hydrogens (tertiary/aromatic N) is 2. The Labute approximate surface area is 140 Å². The van der Waals surface area contributed by atoms with Crippen molar-refractivity contribution in [3.8, 4) is 11.3 Å². The van der Waals surface area contributed by atoms with Crippen LogP contribution in [0.3, 0.4) is 0 Å². The van der Waals surface area contributed by atoms with E-state index < -0.39 is 5.41 Å². The largest absolute Gasteiger partial charge is 0.396 e. The van der Waals surface area contributed by atoms with Gasteiger partial charge in [-0.3, -0.25) is 4.79 Å². The molecule has 2 rings (SSSR count). The van der Waals surface area contributed by atoms with Crippen molar-refractivity contribution in [3.63, 3.8) is 0 Å². The highest BCUT2D eigenvalue weighted by Crippen LogP contribution is 2.23. The Bertz CT molecular complexity index is 680. The van der Waals surface area contributed by atoms with Crippen LogP contribution >= 0.6 is 11.3 Å². The van der Waals surface area contributed by atoms with Gasteiger partial charge < -0.3 is 15.1 Å². The minimum Gasteiger partial charge on any atom is -0.396 e. The zero-order valence-electron chi connectivity index (χ0n) is 13.6. The first kappa shape index (κ1) is 17.6. The highest BCUT2D eigenvalue weighted by molar-refractivity contribution is 7.09. The molecule has 0 fully saturated rings. The predicted molar refractivity (Wildman–Crippen MR) is 91.5 cm³/mol. The number of amides is 1. The summed E-state index contributed by atoms with van der Waals surface area (Å²) in [6, 6.07) is 7.35. The van der Waals surface area contributed by atoms with Crippen LogP contribution in [0, 0.1) is 12.3 Å². The molecule has 0 aliphatic rings. The Hall–Kier alpha value is -1.76. The van der Waals surface area contributed by atoms with E-state index in [1.807, 2.05) is 30.5 Å². The molecule has 2 aromatic rings. The second kappa shape index (κ2) is 7.21. The first-order chi connectivity index (χ1) is 10.9. The van der Waals surface area contributed by atoms with Crippen LogP contribution in [0.25, 0.3) is 11.3 Å². The van der Waals surface area contributed by atoms with Crippen molar-refractivity contribution in [2.75, 3.05) is 26.8 Å². The number of aliphatic hydroxyl groups excluding tert-OH is 2. The Morgan fingerprint density at radius 1 is 1.35 bits per heavy atom. The van der Waals surface area contributed by atoms with E-state index in [1.165, 1.54) is 4.90 Å². The standard InChI is InChI=1S/C17H22N2O3S/c1-12-18-15(8-23-12)13-5-4-6-14(7-13)16(22)19(3)9-17(2,10-20)11-21/h4-8,20-21H,9-11H2,1-3H3. The maximum atomic E-state index is 12.6. The van der Waals surface area contributed by atoms with Gasteiger partial charge >= 0.3 is 0 Å². The first-order valence-corrected chi connectivity index (χ1v) is 8.26. The Kier molecular flexibility index (Phi) is 5.51. The lowest BCUT2D eigenvalue weighted by atomic mass is 9.92. The molecule has 124 valence electrons. The number of hydrogen-bond acceptors (Lipinski definition) is 5. The van der Waals surface area contributed by atoms with Gasteiger partial charge in [-0.1, -0.05) is 19.1 Å². The fourth-order valence-corrected chi connectivity index (χ4v) is 2.94. The van der Waals surface area contributed by atoms with Crippen LogP contribution < -0.4 is 0 Å². The monoisotopic (exact) mass is 334 g/mol. The molecule has 0 bridgehead atoms. The molecule has 6 heteroatoms. The number of benzene rings is 1. The van der Waals surface area contributed by atoms with Crippen molar-refractivity contribution < 1.29 is 15.0 Å². The number of rotatable bonds is 6. The molecule has 0 saturated carbocycles. The molecule has 1 amide bonds. The summed E-state index contributed by atoms with van der Waals surface area (Å²) in [7, 11) is 1.67. The van der Waals surface area contributed by atoms with Crippen molar-refractivity contribution in [2.45, 2.75) is 13.8 Å². The summed E-state index contributed by atoms with van der Waals surface area (Å²) < 4.78 is 0. The van der Waals surface area contributed by atoms with Crippen LogP contribution in [-0.4, -0.2) is 52.8 Å². The van der Waals surface area contributed by atoms with E-state index >= 15 is 0 Å². The molecule has 23 heavy (non-hydrogen) atoms. The van der Waals surface area contributed by atoms with E-state index in [4.69, 9.17) is 0 Å². The third-order valence-corrected chi connectivity index (χ3v) is 4.53. The summed E-state index contributed by atoms with van der Waals surface area (Å²) in [5, 5.41) is 21.7. The molecule has 1 heterocycles. The second-order valence-electron chi connectivity index (χ2n) is 6.12. The Morgan fingerprint density at radius 3 is 2.61 bits per heavy atom. The van der Waals surface area contributed by atoms with E-state index in [0.29, 0.717) is 5.56 Å². The van der Waals surface area contributed by atoms with Gasteiger partial charge in [0.2, 0.25) is 0 Å². The third kappa shape index (κ3) is 4.16. The minimum absolute atomic E-state index is 0.146. The smallest absolute Gasteiger partial charge is 0.253 e. The van der Waals surface area contributed by atoms with Gasteiger partial charge in [-0.25, -0.2) is 4.98 Å². The van der Waals surface area contributed by atoms with E-state index in [9.17, 15) is 15.0 Å². The molecule has 0 radical (unpaired) electrons. The zero-order valence-corrected chi connectivity index (χ0v) is 14.4. The van der Waals surface area contributed by atoms with Crippen LogP contribution in [0.4, 0.5) is 0 Å². The quantitative estimate of drug-likeness (QED) is 0.849. The van der Waals surface area contributed by atoms with E-state index in [-0.39, 0.29) is 25.7 Å². The topological polar surface area (TPSA) is 73.7 Å². The molecule has 1 aromatic carbocycles. The van der Waals surface area contributed by atoms with Crippen molar-refractivity contribution >= 4 is 17.2 Å². The molecular formula is C17H22N2O3S. The van der Waals surface area contributed by atoms with Gasteiger partial charge in [0.15, 0.2) is 0 Å². The molecule has 0 aliphatic carbocycles. The number of carbonyl (C=O) groups is 1. The molecule has 0 aliphatic heterocycles.